The molecule has 2 heterocycles. The largest absolute Gasteiger partial charge is 0.474 e. The zero-order valence-electron chi connectivity index (χ0n) is 15.6. The molecule has 1 atom stereocenters. The van der Waals surface area contributed by atoms with Gasteiger partial charge in [0.25, 0.3) is 0 Å². The number of ether oxygens (including phenoxy) is 2. The van der Waals surface area contributed by atoms with Crippen molar-refractivity contribution in [1.29, 1.82) is 0 Å². The molecule has 1 fully saturated rings. The lowest BCUT2D eigenvalue weighted by atomic mass is 10.0. The monoisotopic (exact) mass is 358 g/mol. The molecule has 1 aliphatic rings. The average Bonchev–Trinajstić information content (AvgIpc) is 2.58. The summed E-state index contributed by atoms with van der Waals surface area (Å²) in [5.74, 6) is 0.442. The SMILES string of the molecule is CC(C)(C)OC(=O)N1CCCCC1COc1cnc2cc(N)ccc2n1. The van der Waals surface area contributed by atoms with Crippen LogP contribution in [0.5, 0.6) is 5.88 Å². The number of nitrogens with zero attached hydrogens (tertiary/aromatic N) is 3. The summed E-state index contributed by atoms with van der Waals surface area (Å²) in [6.45, 7) is 6.67. The first-order valence-electron chi connectivity index (χ1n) is 8.96. The molecular formula is C19H26N4O3. The number of nitrogens with two attached hydrogens (primary N) is 1. The van der Waals surface area contributed by atoms with Crippen LogP contribution in [0.2, 0.25) is 0 Å². The van der Waals surface area contributed by atoms with E-state index in [1.54, 1.807) is 23.2 Å². The third-order valence-corrected chi connectivity index (χ3v) is 4.22. The number of rotatable bonds is 3. The maximum Gasteiger partial charge on any atom is 0.410 e. The lowest BCUT2D eigenvalue weighted by Gasteiger charge is -2.36. The Morgan fingerprint density at radius 2 is 2.12 bits per heavy atom. The van der Waals surface area contributed by atoms with Crippen LogP contribution >= 0.6 is 0 Å². The molecule has 1 aromatic heterocycles. The van der Waals surface area contributed by atoms with Crippen molar-refractivity contribution in [2.45, 2.75) is 51.7 Å². The number of aromatic nitrogens is 2. The second-order valence-corrected chi connectivity index (χ2v) is 7.59. The Bertz CT molecular complexity index is 788. The van der Waals surface area contributed by atoms with E-state index in [4.69, 9.17) is 15.2 Å². The Morgan fingerprint density at radius 1 is 1.31 bits per heavy atom. The van der Waals surface area contributed by atoms with E-state index in [0.717, 1.165) is 30.3 Å². The zero-order chi connectivity index (χ0) is 18.7. The highest BCUT2D eigenvalue weighted by molar-refractivity contribution is 5.78. The van der Waals surface area contributed by atoms with Crippen molar-refractivity contribution in [3.63, 3.8) is 0 Å². The maximum atomic E-state index is 12.5. The van der Waals surface area contributed by atoms with Crippen LogP contribution in [0.3, 0.4) is 0 Å². The molecule has 7 nitrogen and oxygen atoms in total. The molecule has 0 aliphatic carbocycles. The van der Waals surface area contributed by atoms with Gasteiger partial charge in [0.2, 0.25) is 5.88 Å². The van der Waals surface area contributed by atoms with Gasteiger partial charge < -0.3 is 20.1 Å². The van der Waals surface area contributed by atoms with Crippen molar-refractivity contribution in [3.05, 3.63) is 24.4 Å². The number of likely N-dealkylation sites (tertiary alicyclic amines) is 1. The molecule has 0 saturated carbocycles. The summed E-state index contributed by atoms with van der Waals surface area (Å²) in [5.41, 5.74) is 7.35. The molecule has 0 radical (unpaired) electrons. The quantitative estimate of drug-likeness (QED) is 0.846. The van der Waals surface area contributed by atoms with Crippen LogP contribution < -0.4 is 10.5 Å². The molecule has 1 unspecified atom stereocenters. The van der Waals surface area contributed by atoms with Gasteiger partial charge in [-0.15, -0.1) is 0 Å². The van der Waals surface area contributed by atoms with E-state index >= 15 is 0 Å². The summed E-state index contributed by atoms with van der Waals surface area (Å²) >= 11 is 0. The van der Waals surface area contributed by atoms with Gasteiger partial charge in [-0.3, -0.25) is 0 Å². The molecule has 1 aliphatic heterocycles. The summed E-state index contributed by atoms with van der Waals surface area (Å²) in [5, 5.41) is 0. The first-order chi connectivity index (χ1) is 12.3. The minimum Gasteiger partial charge on any atom is -0.474 e. The Balaban J connectivity index is 1.66. The average molecular weight is 358 g/mol. The van der Waals surface area contributed by atoms with Gasteiger partial charge in [-0.05, 0) is 58.2 Å². The number of carbonyl (C=O) groups excluding carboxylic acids is 1. The standard InChI is InChI=1S/C19H26N4O3/c1-19(2,3)26-18(24)23-9-5-4-6-14(23)12-25-17-11-21-16-10-13(20)7-8-15(16)22-17/h7-8,10-11,14H,4-6,9,12,20H2,1-3H3. The summed E-state index contributed by atoms with van der Waals surface area (Å²) in [7, 11) is 0. The minimum atomic E-state index is -0.508. The number of benzene rings is 1. The molecule has 2 aromatic rings. The van der Waals surface area contributed by atoms with E-state index in [0.29, 0.717) is 24.7 Å². The predicted octanol–water partition coefficient (Wildman–Crippen LogP) is 3.38. The van der Waals surface area contributed by atoms with Crippen LogP contribution in [-0.4, -0.2) is 45.8 Å². The third kappa shape index (κ3) is 4.53. The van der Waals surface area contributed by atoms with Crippen LogP contribution in [0, 0.1) is 0 Å². The highest BCUT2D eigenvalue weighted by atomic mass is 16.6. The molecule has 26 heavy (non-hydrogen) atoms. The van der Waals surface area contributed by atoms with Gasteiger partial charge in [-0.2, -0.15) is 0 Å². The summed E-state index contributed by atoms with van der Waals surface area (Å²) in [6, 6.07) is 5.35. The Kier molecular flexibility index (Phi) is 5.15. The van der Waals surface area contributed by atoms with Crippen LogP contribution in [0.15, 0.2) is 24.4 Å². The van der Waals surface area contributed by atoms with Crippen LogP contribution in [-0.2, 0) is 4.74 Å². The van der Waals surface area contributed by atoms with E-state index < -0.39 is 5.60 Å². The van der Waals surface area contributed by atoms with E-state index in [9.17, 15) is 4.79 Å². The van der Waals surface area contributed by atoms with Gasteiger partial charge in [0.15, 0.2) is 0 Å². The lowest BCUT2D eigenvalue weighted by molar-refractivity contribution is 0.00335. The molecule has 2 N–H and O–H groups in total. The zero-order valence-corrected chi connectivity index (χ0v) is 15.6. The predicted molar refractivity (Wildman–Crippen MR) is 100 cm³/mol. The topological polar surface area (TPSA) is 90.6 Å². The Hall–Kier alpha value is -2.57. The van der Waals surface area contributed by atoms with Crippen molar-refractivity contribution in [3.8, 4) is 5.88 Å². The van der Waals surface area contributed by atoms with E-state index in [-0.39, 0.29) is 12.1 Å². The van der Waals surface area contributed by atoms with Crippen molar-refractivity contribution >= 4 is 22.8 Å². The first-order valence-corrected chi connectivity index (χ1v) is 8.96. The van der Waals surface area contributed by atoms with E-state index in [2.05, 4.69) is 9.97 Å². The molecule has 0 spiro atoms. The molecule has 1 aromatic carbocycles. The fourth-order valence-electron chi connectivity index (χ4n) is 3.00. The van der Waals surface area contributed by atoms with Gasteiger partial charge in [0, 0.05) is 12.2 Å². The van der Waals surface area contributed by atoms with Crippen LogP contribution in [0.1, 0.15) is 40.0 Å². The molecule has 1 amide bonds. The van der Waals surface area contributed by atoms with Gasteiger partial charge in [0.05, 0.1) is 23.3 Å². The molecule has 0 bridgehead atoms. The number of piperidine rings is 1. The molecule has 7 heteroatoms. The maximum absolute atomic E-state index is 12.5. The second kappa shape index (κ2) is 7.35. The number of amides is 1. The summed E-state index contributed by atoms with van der Waals surface area (Å²) < 4.78 is 11.4. The first kappa shape index (κ1) is 18.2. The van der Waals surface area contributed by atoms with Gasteiger partial charge in [-0.1, -0.05) is 0 Å². The Morgan fingerprint density at radius 3 is 2.88 bits per heavy atom. The highest BCUT2D eigenvalue weighted by Crippen LogP contribution is 2.22. The van der Waals surface area contributed by atoms with Crippen molar-refractivity contribution < 1.29 is 14.3 Å². The van der Waals surface area contributed by atoms with E-state index in [1.807, 2.05) is 26.8 Å². The van der Waals surface area contributed by atoms with Crippen LogP contribution in [0.4, 0.5) is 10.5 Å². The molecular weight excluding hydrogens is 332 g/mol. The number of fused-ring (bicyclic) bond motifs is 1. The number of nitrogen functional groups attached to an aromatic ring is 1. The van der Waals surface area contributed by atoms with Crippen molar-refractivity contribution in [2.24, 2.45) is 0 Å². The fourth-order valence-corrected chi connectivity index (χ4v) is 3.00. The van der Waals surface area contributed by atoms with E-state index in [1.165, 1.54) is 0 Å². The second-order valence-electron chi connectivity index (χ2n) is 7.59. The summed E-state index contributed by atoms with van der Waals surface area (Å²) in [6.07, 6.45) is 4.23. The lowest BCUT2D eigenvalue weighted by Crippen LogP contribution is -2.48. The van der Waals surface area contributed by atoms with Crippen LogP contribution in [0.25, 0.3) is 11.0 Å². The molecule has 1 saturated heterocycles. The summed E-state index contributed by atoms with van der Waals surface area (Å²) in [4.78, 5) is 23.0. The normalized spacial score (nSPS) is 18.0. The van der Waals surface area contributed by atoms with Crippen molar-refractivity contribution in [1.82, 2.24) is 14.9 Å². The number of carbonyl (C=O) groups is 1. The van der Waals surface area contributed by atoms with Crippen molar-refractivity contribution in [2.75, 3.05) is 18.9 Å². The molecule has 3 rings (SSSR count). The molecule has 140 valence electrons. The fraction of sp³-hybridized carbons (Fsp3) is 0.526. The van der Waals surface area contributed by atoms with Gasteiger partial charge >= 0.3 is 6.09 Å². The minimum absolute atomic E-state index is 0.0254. The van der Waals surface area contributed by atoms with Gasteiger partial charge in [0.1, 0.15) is 12.2 Å². The smallest absolute Gasteiger partial charge is 0.410 e. The third-order valence-electron chi connectivity index (χ3n) is 4.22. The number of hydrogen-bond donors (Lipinski definition) is 1. The van der Waals surface area contributed by atoms with Gasteiger partial charge in [-0.25, -0.2) is 14.8 Å². The number of anilines is 1. The highest BCUT2D eigenvalue weighted by Gasteiger charge is 2.31. The number of hydrogen-bond acceptors (Lipinski definition) is 6. The Labute approximate surface area is 153 Å².